The van der Waals surface area contributed by atoms with Gasteiger partial charge in [0.2, 0.25) is 0 Å². The number of hydrogen-bond donors (Lipinski definition) is 1. The molecule has 0 bridgehead atoms. The van der Waals surface area contributed by atoms with E-state index < -0.39 is 11.6 Å². The number of phenolic OH excluding ortho intramolecular Hbond substituents is 1. The normalized spacial score (nSPS) is 10.9. The van der Waals surface area contributed by atoms with E-state index in [1.807, 2.05) is 6.92 Å². The third kappa shape index (κ3) is 4.41. The molecule has 0 radical (unpaired) electrons. The maximum atomic E-state index is 12.5. The summed E-state index contributed by atoms with van der Waals surface area (Å²) in [6.45, 7) is 4.27. The number of benzene rings is 2. The molecular weight excluding hydrogens is 376 g/mol. The number of aryl methyl sites for hydroxylation is 1. The second-order valence-corrected chi connectivity index (χ2v) is 6.42. The first kappa shape index (κ1) is 20.4. The Balaban J connectivity index is 1.84. The Morgan fingerprint density at radius 2 is 1.90 bits per heavy atom. The Morgan fingerprint density at radius 1 is 1.10 bits per heavy atom. The maximum Gasteiger partial charge on any atom is 0.338 e. The first-order valence-corrected chi connectivity index (χ1v) is 9.11. The van der Waals surface area contributed by atoms with Gasteiger partial charge in [0.15, 0.2) is 0 Å². The molecule has 0 amide bonds. The van der Waals surface area contributed by atoms with E-state index in [0.717, 1.165) is 5.56 Å². The van der Waals surface area contributed by atoms with Gasteiger partial charge in [-0.3, -0.25) is 0 Å². The number of rotatable bonds is 7. The predicted octanol–water partition coefficient (Wildman–Crippen LogP) is 3.71. The molecule has 3 aromatic rings. The fraction of sp³-hybridized carbons (Fsp3) is 0.273. The van der Waals surface area contributed by atoms with Crippen molar-refractivity contribution >= 4 is 16.9 Å². The molecule has 7 heteroatoms. The number of carbonyl (C=O) groups excluding carboxylic acids is 1. The van der Waals surface area contributed by atoms with Gasteiger partial charge in [-0.15, -0.1) is 0 Å². The van der Waals surface area contributed by atoms with Crippen LogP contribution in [-0.4, -0.2) is 24.8 Å². The van der Waals surface area contributed by atoms with Crippen LogP contribution in [-0.2, 0) is 22.7 Å². The van der Waals surface area contributed by atoms with E-state index in [9.17, 15) is 14.7 Å². The van der Waals surface area contributed by atoms with Crippen molar-refractivity contribution in [2.45, 2.75) is 27.1 Å². The summed E-state index contributed by atoms with van der Waals surface area (Å²) < 4.78 is 21.3. The summed E-state index contributed by atoms with van der Waals surface area (Å²) in [6.07, 6.45) is 0. The topological polar surface area (TPSA) is 95.2 Å². The standard InChI is InChI=1S/C22H22O7/c1-4-27-11-16-9-14(5-8-19(16)26-3)22(25)28-12-15-10-20(24)29-21-13(2)18(23)7-6-17(15)21/h5-10,23H,4,11-12H2,1-3H3. The Morgan fingerprint density at radius 3 is 2.62 bits per heavy atom. The van der Waals surface area contributed by atoms with E-state index in [1.54, 1.807) is 38.3 Å². The molecule has 7 nitrogen and oxygen atoms in total. The van der Waals surface area contributed by atoms with Crippen molar-refractivity contribution in [1.29, 1.82) is 0 Å². The van der Waals surface area contributed by atoms with Crippen LogP contribution >= 0.6 is 0 Å². The minimum Gasteiger partial charge on any atom is -0.508 e. The predicted molar refractivity (Wildman–Crippen MR) is 106 cm³/mol. The molecule has 1 N–H and O–H groups in total. The third-order valence-corrected chi connectivity index (χ3v) is 4.55. The van der Waals surface area contributed by atoms with E-state index in [1.165, 1.54) is 12.1 Å². The van der Waals surface area contributed by atoms with Gasteiger partial charge < -0.3 is 23.7 Å². The van der Waals surface area contributed by atoms with Crippen LogP contribution in [0.2, 0.25) is 0 Å². The average Bonchev–Trinajstić information content (AvgIpc) is 2.72. The fourth-order valence-corrected chi connectivity index (χ4v) is 2.99. The summed E-state index contributed by atoms with van der Waals surface area (Å²) in [5, 5.41) is 10.4. The molecule has 1 aromatic heterocycles. The van der Waals surface area contributed by atoms with Gasteiger partial charge in [-0.1, -0.05) is 0 Å². The monoisotopic (exact) mass is 398 g/mol. The summed E-state index contributed by atoms with van der Waals surface area (Å²) in [5.41, 5.74) is 1.72. The number of carbonyl (C=O) groups is 1. The second kappa shape index (κ2) is 8.79. The highest BCUT2D eigenvalue weighted by Gasteiger charge is 2.15. The summed E-state index contributed by atoms with van der Waals surface area (Å²) >= 11 is 0. The van der Waals surface area contributed by atoms with Gasteiger partial charge in [0, 0.05) is 34.7 Å². The third-order valence-electron chi connectivity index (χ3n) is 4.55. The number of esters is 1. The van der Waals surface area contributed by atoms with Crippen molar-refractivity contribution in [2.24, 2.45) is 0 Å². The fourth-order valence-electron chi connectivity index (χ4n) is 2.99. The van der Waals surface area contributed by atoms with Gasteiger partial charge in [-0.2, -0.15) is 0 Å². The van der Waals surface area contributed by atoms with Crippen molar-refractivity contribution in [3.8, 4) is 11.5 Å². The van der Waals surface area contributed by atoms with Crippen LogP contribution in [0.1, 0.15) is 34.0 Å². The van der Waals surface area contributed by atoms with Gasteiger partial charge >= 0.3 is 11.6 Å². The van der Waals surface area contributed by atoms with E-state index in [0.29, 0.717) is 41.0 Å². The number of phenols is 1. The van der Waals surface area contributed by atoms with Crippen LogP contribution in [0, 0.1) is 6.92 Å². The zero-order chi connectivity index (χ0) is 21.0. The lowest BCUT2D eigenvalue weighted by Crippen LogP contribution is -2.09. The minimum atomic E-state index is -0.583. The van der Waals surface area contributed by atoms with Crippen LogP contribution in [0.3, 0.4) is 0 Å². The zero-order valence-electron chi connectivity index (χ0n) is 16.5. The van der Waals surface area contributed by atoms with Crippen molar-refractivity contribution < 1.29 is 28.5 Å². The SMILES string of the molecule is CCOCc1cc(C(=O)OCc2cc(=O)oc3c(C)c(O)ccc23)ccc1OC. The van der Waals surface area contributed by atoms with Gasteiger partial charge in [0.05, 0.1) is 19.3 Å². The Bertz CT molecular complexity index is 1100. The molecule has 0 saturated carbocycles. The molecule has 2 aromatic carbocycles. The molecule has 0 fully saturated rings. The highest BCUT2D eigenvalue weighted by molar-refractivity contribution is 5.90. The molecule has 0 saturated heterocycles. The summed E-state index contributed by atoms with van der Waals surface area (Å²) in [7, 11) is 1.55. The van der Waals surface area contributed by atoms with Crippen molar-refractivity contribution in [3.05, 3.63) is 69.1 Å². The average molecular weight is 398 g/mol. The van der Waals surface area contributed by atoms with Crippen molar-refractivity contribution in [2.75, 3.05) is 13.7 Å². The quantitative estimate of drug-likeness (QED) is 0.479. The van der Waals surface area contributed by atoms with Gasteiger partial charge in [-0.25, -0.2) is 9.59 Å². The van der Waals surface area contributed by atoms with Gasteiger partial charge in [0.25, 0.3) is 0 Å². The lowest BCUT2D eigenvalue weighted by Gasteiger charge is -2.12. The summed E-state index contributed by atoms with van der Waals surface area (Å²) in [6, 6.07) is 9.36. The number of hydrogen-bond acceptors (Lipinski definition) is 7. The van der Waals surface area contributed by atoms with E-state index in [2.05, 4.69) is 0 Å². The number of ether oxygens (including phenoxy) is 3. The highest BCUT2D eigenvalue weighted by atomic mass is 16.5. The first-order chi connectivity index (χ1) is 13.9. The number of aromatic hydroxyl groups is 1. The van der Waals surface area contributed by atoms with Crippen LogP contribution in [0.15, 0.2) is 45.6 Å². The molecular formula is C22H22O7. The highest BCUT2D eigenvalue weighted by Crippen LogP contribution is 2.28. The molecule has 0 atom stereocenters. The Labute approximate surface area is 167 Å². The van der Waals surface area contributed by atoms with Crippen LogP contribution < -0.4 is 10.4 Å². The van der Waals surface area contributed by atoms with Crippen LogP contribution in [0.4, 0.5) is 0 Å². The number of methoxy groups -OCH3 is 1. The molecule has 1 heterocycles. The second-order valence-electron chi connectivity index (χ2n) is 6.42. The van der Waals surface area contributed by atoms with Gasteiger partial charge in [-0.05, 0) is 44.2 Å². The molecule has 0 aliphatic carbocycles. The Hall–Kier alpha value is -3.32. The lowest BCUT2D eigenvalue weighted by molar-refractivity contribution is 0.0473. The molecule has 152 valence electrons. The molecule has 29 heavy (non-hydrogen) atoms. The van der Waals surface area contributed by atoms with E-state index in [4.69, 9.17) is 18.6 Å². The van der Waals surface area contributed by atoms with Crippen LogP contribution in [0.25, 0.3) is 11.0 Å². The van der Waals surface area contributed by atoms with Crippen molar-refractivity contribution in [3.63, 3.8) is 0 Å². The summed E-state index contributed by atoms with van der Waals surface area (Å²) in [5.74, 6) is 0.106. The summed E-state index contributed by atoms with van der Waals surface area (Å²) in [4.78, 5) is 24.4. The number of fused-ring (bicyclic) bond motifs is 1. The maximum absolute atomic E-state index is 12.5. The molecule has 0 spiro atoms. The first-order valence-electron chi connectivity index (χ1n) is 9.11. The smallest absolute Gasteiger partial charge is 0.338 e. The van der Waals surface area contributed by atoms with Crippen molar-refractivity contribution in [1.82, 2.24) is 0 Å². The molecule has 0 aliphatic rings. The van der Waals surface area contributed by atoms with E-state index >= 15 is 0 Å². The lowest BCUT2D eigenvalue weighted by atomic mass is 10.1. The zero-order valence-corrected chi connectivity index (χ0v) is 16.5. The largest absolute Gasteiger partial charge is 0.508 e. The molecule has 0 aliphatic heterocycles. The molecule has 3 rings (SSSR count). The molecule has 0 unspecified atom stereocenters. The minimum absolute atomic E-state index is 0.0230. The van der Waals surface area contributed by atoms with Crippen LogP contribution in [0.5, 0.6) is 11.5 Å². The Kier molecular flexibility index (Phi) is 6.19. The van der Waals surface area contributed by atoms with Gasteiger partial charge in [0.1, 0.15) is 23.7 Å². The van der Waals surface area contributed by atoms with E-state index in [-0.39, 0.29) is 17.9 Å².